The summed E-state index contributed by atoms with van der Waals surface area (Å²) in [5.74, 6) is 0.102. The highest BCUT2D eigenvalue weighted by Gasteiger charge is 2.33. The summed E-state index contributed by atoms with van der Waals surface area (Å²) in [5, 5.41) is 23.2. The maximum Gasteiger partial charge on any atom is 0.224 e. The van der Waals surface area contributed by atoms with Gasteiger partial charge in [0.15, 0.2) is 5.82 Å². The number of hydrogen-bond acceptors (Lipinski definition) is 9. The van der Waals surface area contributed by atoms with Crippen LogP contribution in [0, 0.1) is 18.6 Å². The van der Waals surface area contributed by atoms with Gasteiger partial charge in [-0.15, -0.1) is 0 Å². The number of benzene rings is 1. The van der Waals surface area contributed by atoms with E-state index in [9.17, 15) is 19.0 Å². The molecular formula is C27H34F2N8O2. The van der Waals surface area contributed by atoms with E-state index in [-0.39, 0.29) is 25.2 Å². The molecule has 4 N–H and O–H groups in total. The number of anilines is 3. The molecule has 1 atom stereocenters. The molecule has 1 fully saturated rings. The van der Waals surface area contributed by atoms with Crippen molar-refractivity contribution in [1.29, 1.82) is 0 Å². The predicted octanol–water partition coefficient (Wildman–Crippen LogP) is 1.77. The number of nitrogens with two attached hydrogens (primary N) is 1. The molecule has 2 aliphatic rings. The molecule has 12 heteroatoms. The second kappa shape index (κ2) is 11.6. The van der Waals surface area contributed by atoms with Crippen molar-refractivity contribution in [1.82, 2.24) is 24.6 Å². The zero-order valence-corrected chi connectivity index (χ0v) is 22.0. The van der Waals surface area contributed by atoms with Crippen LogP contribution in [0.1, 0.15) is 23.2 Å². The lowest BCUT2D eigenvalue weighted by molar-refractivity contribution is 0.233. The van der Waals surface area contributed by atoms with E-state index in [1.807, 2.05) is 13.0 Å². The Labute approximate surface area is 226 Å². The van der Waals surface area contributed by atoms with E-state index in [4.69, 9.17) is 5.73 Å². The fraction of sp³-hybridized carbons (Fsp3) is 0.444. The third-order valence-corrected chi connectivity index (χ3v) is 7.45. The van der Waals surface area contributed by atoms with Gasteiger partial charge in [0.2, 0.25) is 5.95 Å². The predicted molar refractivity (Wildman–Crippen MR) is 146 cm³/mol. The number of nitrogens with zero attached hydrogens (tertiary/aromatic N) is 7. The third-order valence-electron chi connectivity index (χ3n) is 7.45. The largest absolute Gasteiger partial charge is 0.395 e. The van der Waals surface area contributed by atoms with Gasteiger partial charge in [-0.05, 0) is 25.8 Å². The quantitative estimate of drug-likeness (QED) is 0.373. The van der Waals surface area contributed by atoms with Crippen LogP contribution in [0.4, 0.5) is 26.2 Å². The van der Waals surface area contributed by atoms with Crippen molar-refractivity contribution in [2.45, 2.75) is 25.8 Å². The van der Waals surface area contributed by atoms with Gasteiger partial charge in [0, 0.05) is 74.3 Å². The van der Waals surface area contributed by atoms with Crippen LogP contribution in [0.5, 0.6) is 0 Å². The van der Waals surface area contributed by atoms with Crippen LogP contribution < -0.4 is 15.5 Å². The topological polar surface area (TPSA) is 120 Å². The maximum atomic E-state index is 14.2. The van der Waals surface area contributed by atoms with Gasteiger partial charge in [0.25, 0.3) is 0 Å². The summed E-state index contributed by atoms with van der Waals surface area (Å²) >= 11 is 0. The molecule has 0 amide bonds. The number of aliphatic hydroxyl groups is 2. The average Bonchev–Trinajstić information content (AvgIpc) is 3.28. The summed E-state index contributed by atoms with van der Waals surface area (Å²) in [5.41, 5.74) is 9.10. The van der Waals surface area contributed by atoms with Crippen molar-refractivity contribution in [2.75, 3.05) is 68.0 Å². The molecule has 0 spiro atoms. The Morgan fingerprint density at radius 1 is 1.13 bits per heavy atom. The van der Waals surface area contributed by atoms with Crippen molar-refractivity contribution in [3.8, 4) is 5.82 Å². The number of fused-ring (bicyclic) bond motifs is 3. The van der Waals surface area contributed by atoms with Gasteiger partial charge < -0.3 is 25.7 Å². The molecule has 0 aliphatic carbocycles. The molecule has 0 saturated carbocycles. The molecular weight excluding hydrogens is 506 g/mol. The van der Waals surface area contributed by atoms with Gasteiger partial charge in [-0.3, -0.25) is 4.90 Å². The molecule has 4 heterocycles. The van der Waals surface area contributed by atoms with Gasteiger partial charge >= 0.3 is 0 Å². The van der Waals surface area contributed by atoms with E-state index in [0.29, 0.717) is 42.4 Å². The van der Waals surface area contributed by atoms with Gasteiger partial charge in [0.05, 0.1) is 25.1 Å². The highest BCUT2D eigenvalue weighted by molar-refractivity contribution is 5.58. The Morgan fingerprint density at radius 2 is 1.92 bits per heavy atom. The molecule has 0 bridgehead atoms. The fourth-order valence-electron chi connectivity index (χ4n) is 5.49. The first-order chi connectivity index (χ1) is 18.9. The first-order valence-electron chi connectivity index (χ1n) is 13.2. The van der Waals surface area contributed by atoms with E-state index in [0.717, 1.165) is 49.9 Å². The van der Waals surface area contributed by atoms with Crippen molar-refractivity contribution in [3.05, 3.63) is 58.9 Å². The van der Waals surface area contributed by atoms with Crippen molar-refractivity contribution in [3.63, 3.8) is 0 Å². The first-order valence-corrected chi connectivity index (χ1v) is 13.2. The average molecular weight is 541 g/mol. The van der Waals surface area contributed by atoms with Crippen molar-refractivity contribution in [2.24, 2.45) is 0 Å². The van der Waals surface area contributed by atoms with Crippen LogP contribution in [0.25, 0.3) is 11.9 Å². The van der Waals surface area contributed by atoms with Gasteiger partial charge in [-0.25, -0.2) is 13.5 Å². The Morgan fingerprint density at radius 3 is 2.69 bits per heavy atom. The standard InChI is InChI=1S/C27H34F2N8O2/c1-18-19(16-31-37(18)26-15-25(32-27(30)33-26)35(9-11-38)10-12-39)3-2-6-34-7-8-36-21(17-34)4-5-22-23(29)13-20(28)14-24(22)36/h2-3,13-16,21,38-39H,4-12,17H2,1H3,(H2,30,32,33). The number of nitrogen functional groups attached to an aromatic ring is 1. The van der Waals surface area contributed by atoms with Crippen LogP contribution in [0.2, 0.25) is 0 Å². The Hall–Kier alpha value is -3.61. The van der Waals surface area contributed by atoms with E-state index in [2.05, 4.69) is 30.9 Å². The number of aromatic nitrogens is 4. The second-order valence-electron chi connectivity index (χ2n) is 9.91. The zero-order valence-electron chi connectivity index (χ0n) is 22.0. The normalized spacial score (nSPS) is 17.5. The lowest BCUT2D eigenvalue weighted by Crippen LogP contribution is -2.55. The van der Waals surface area contributed by atoms with Crippen LogP contribution in [-0.2, 0) is 6.42 Å². The van der Waals surface area contributed by atoms with E-state index >= 15 is 0 Å². The number of halogens is 2. The Kier molecular flexibility index (Phi) is 8.05. The lowest BCUT2D eigenvalue weighted by Gasteiger charge is -2.46. The van der Waals surface area contributed by atoms with Crippen LogP contribution in [0.3, 0.4) is 0 Å². The lowest BCUT2D eigenvalue weighted by atomic mass is 9.93. The molecule has 5 rings (SSSR count). The summed E-state index contributed by atoms with van der Waals surface area (Å²) in [6, 6.07) is 4.41. The summed E-state index contributed by atoms with van der Waals surface area (Å²) in [6.45, 7) is 5.49. The molecule has 1 aromatic carbocycles. The number of aliphatic hydroxyl groups excluding tert-OH is 2. The van der Waals surface area contributed by atoms with E-state index in [1.165, 1.54) is 6.07 Å². The Bertz CT molecular complexity index is 1340. The van der Waals surface area contributed by atoms with Crippen LogP contribution in [0.15, 0.2) is 30.5 Å². The van der Waals surface area contributed by atoms with Gasteiger partial charge in [-0.2, -0.15) is 15.1 Å². The van der Waals surface area contributed by atoms with Crippen LogP contribution in [-0.4, -0.2) is 93.4 Å². The summed E-state index contributed by atoms with van der Waals surface area (Å²) in [4.78, 5) is 14.8. The van der Waals surface area contributed by atoms with Gasteiger partial charge in [0.1, 0.15) is 17.5 Å². The minimum atomic E-state index is -0.526. The first kappa shape index (κ1) is 27.0. The number of rotatable bonds is 9. The van der Waals surface area contributed by atoms with Crippen molar-refractivity contribution >= 4 is 23.5 Å². The third kappa shape index (κ3) is 5.72. The van der Waals surface area contributed by atoms with E-state index < -0.39 is 11.6 Å². The summed E-state index contributed by atoms with van der Waals surface area (Å²) < 4.78 is 29.8. The Balaban J connectivity index is 1.25. The molecule has 208 valence electrons. The molecule has 1 unspecified atom stereocenters. The minimum absolute atomic E-state index is 0.0744. The monoisotopic (exact) mass is 540 g/mol. The maximum absolute atomic E-state index is 14.2. The second-order valence-corrected chi connectivity index (χ2v) is 9.91. The molecule has 3 aromatic rings. The molecule has 2 aromatic heterocycles. The molecule has 1 saturated heterocycles. The zero-order chi connectivity index (χ0) is 27.5. The molecule has 10 nitrogen and oxygen atoms in total. The van der Waals surface area contributed by atoms with Crippen molar-refractivity contribution < 1.29 is 19.0 Å². The summed E-state index contributed by atoms with van der Waals surface area (Å²) in [7, 11) is 0. The number of piperazine rings is 1. The molecule has 39 heavy (non-hydrogen) atoms. The minimum Gasteiger partial charge on any atom is -0.395 e. The molecule has 2 aliphatic heterocycles. The van der Waals surface area contributed by atoms with Gasteiger partial charge in [-0.1, -0.05) is 12.2 Å². The fourth-order valence-corrected chi connectivity index (χ4v) is 5.49. The smallest absolute Gasteiger partial charge is 0.224 e. The van der Waals surface area contributed by atoms with Crippen LogP contribution >= 0.6 is 0 Å². The summed E-state index contributed by atoms with van der Waals surface area (Å²) in [6.07, 6.45) is 7.37. The highest BCUT2D eigenvalue weighted by atomic mass is 19.1. The number of hydrogen-bond donors (Lipinski definition) is 3. The SMILES string of the molecule is Cc1c(C=CCN2CCN3c4cc(F)cc(F)c4CCC3C2)cnn1-c1cc(N(CCO)CCO)nc(N)n1. The van der Waals surface area contributed by atoms with E-state index in [1.54, 1.807) is 21.8 Å². The molecule has 0 radical (unpaired) electrons. The highest BCUT2D eigenvalue weighted by Crippen LogP contribution is 2.35.